The Kier molecular flexibility index (Phi) is 6.48. The van der Waals surface area contributed by atoms with Crippen LogP contribution < -0.4 is 5.32 Å². The van der Waals surface area contributed by atoms with Crippen molar-refractivity contribution in [2.45, 2.75) is 39.7 Å². The van der Waals surface area contributed by atoms with Crippen molar-refractivity contribution in [1.82, 2.24) is 5.32 Å². The second-order valence-electron chi connectivity index (χ2n) is 6.46. The second kappa shape index (κ2) is 8.36. The standard InChI is InChI=1S/C20H26ClN/c1-15(2)12-17-8-10-18(11-9-17)16(3)13-22-14-19-6-4-5-7-20(19)21/h4-11,15-16,22H,12-14H2,1-3H3. The minimum absolute atomic E-state index is 0.496. The van der Waals surface area contributed by atoms with E-state index in [1.54, 1.807) is 0 Å². The Labute approximate surface area is 139 Å². The second-order valence-corrected chi connectivity index (χ2v) is 6.87. The Balaban J connectivity index is 1.84. The molecular weight excluding hydrogens is 290 g/mol. The smallest absolute Gasteiger partial charge is 0.0450 e. The third-order valence-corrected chi connectivity index (χ3v) is 4.29. The first-order valence-electron chi connectivity index (χ1n) is 8.09. The molecule has 0 aliphatic heterocycles. The number of hydrogen-bond donors (Lipinski definition) is 1. The van der Waals surface area contributed by atoms with Crippen molar-refractivity contribution in [1.29, 1.82) is 0 Å². The van der Waals surface area contributed by atoms with E-state index in [1.807, 2.05) is 18.2 Å². The van der Waals surface area contributed by atoms with Gasteiger partial charge in [-0.3, -0.25) is 0 Å². The minimum Gasteiger partial charge on any atom is -0.312 e. The fourth-order valence-electron chi connectivity index (χ4n) is 2.64. The molecule has 0 bridgehead atoms. The molecule has 0 aromatic heterocycles. The van der Waals surface area contributed by atoms with Crippen LogP contribution in [0.2, 0.25) is 5.02 Å². The molecule has 1 nitrogen and oxygen atoms in total. The zero-order valence-corrected chi connectivity index (χ0v) is 14.5. The first kappa shape index (κ1) is 17.1. The van der Waals surface area contributed by atoms with Crippen LogP contribution in [0.4, 0.5) is 0 Å². The minimum atomic E-state index is 0.496. The first-order valence-corrected chi connectivity index (χ1v) is 8.47. The highest BCUT2D eigenvalue weighted by Gasteiger charge is 2.06. The zero-order chi connectivity index (χ0) is 15.9. The number of halogens is 1. The van der Waals surface area contributed by atoms with Gasteiger partial charge < -0.3 is 5.32 Å². The lowest BCUT2D eigenvalue weighted by Gasteiger charge is -2.14. The fourth-order valence-corrected chi connectivity index (χ4v) is 2.84. The van der Waals surface area contributed by atoms with Gasteiger partial charge in [0.1, 0.15) is 0 Å². The van der Waals surface area contributed by atoms with Crippen molar-refractivity contribution in [2.24, 2.45) is 5.92 Å². The predicted molar refractivity (Wildman–Crippen MR) is 96.6 cm³/mol. The Hall–Kier alpha value is -1.31. The lowest BCUT2D eigenvalue weighted by molar-refractivity contribution is 0.614. The molecule has 0 aliphatic carbocycles. The van der Waals surface area contributed by atoms with Gasteiger partial charge in [0.2, 0.25) is 0 Å². The van der Waals surface area contributed by atoms with E-state index in [0.29, 0.717) is 11.8 Å². The summed E-state index contributed by atoms with van der Waals surface area (Å²) in [7, 11) is 0. The summed E-state index contributed by atoms with van der Waals surface area (Å²) in [6, 6.07) is 17.1. The highest BCUT2D eigenvalue weighted by molar-refractivity contribution is 6.31. The average Bonchev–Trinajstić information content (AvgIpc) is 2.49. The highest BCUT2D eigenvalue weighted by Crippen LogP contribution is 2.18. The highest BCUT2D eigenvalue weighted by atomic mass is 35.5. The van der Waals surface area contributed by atoms with E-state index in [-0.39, 0.29) is 0 Å². The number of nitrogens with one attached hydrogen (secondary N) is 1. The van der Waals surface area contributed by atoms with Gasteiger partial charge >= 0.3 is 0 Å². The van der Waals surface area contributed by atoms with Gasteiger partial charge in [0.15, 0.2) is 0 Å². The van der Waals surface area contributed by atoms with Crippen molar-refractivity contribution in [3.05, 3.63) is 70.2 Å². The molecule has 0 aliphatic rings. The van der Waals surface area contributed by atoms with Crippen LogP contribution in [0.15, 0.2) is 48.5 Å². The maximum absolute atomic E-state index is 6.18. The van der Waals surface area contributed by atoms with Gasteiger partial charge in [-0.05, 0) is 41.0 Å². The molecule has 0 spiro atoms. The van der Waals surface area contributed by atoms with Crippen LogP contribution >= 0.6 is 11.6 Å². The maximum atomic E-state index is 6.18. The Bertz CT molecular complexity index is 575. The lowest BCUT2D eigenvalue weighted by Crippen LogP contribution is -2.19. The fraction of sp³-hybridized carbons (Fsp3) is 0.400. The van der Waals surface area contributed by atoms with Gasteiger partial charge in [0, 0.05) is 18.1 Å². The third kappa shape index (κ3) is 5.15. The summed E-state index contributed by atoms with van der Waals surface area (Å²) in [6.45, 7) is 8.55. The molecule has 1 N–H and O–H groups in total. The first-order chi connectivity index (χ1) is 10.6. The molecule has 22 heavy (non-hydrogen) atoms. The summed E-state index contributed by atoms with van der Waals surface area (Å²) in [5.74, 6) is 1.20. The average molecular weight is 316 g/mol. The zero-order valence-electron chi connectivity index (χ0n) is 13.8. The van der Waals surface area contributed by atoms with E-state index in [2.05, 4.69) is 56.4 Å². The molecule has 118 valence electrons. The monoisotopic (exact) mass is 315 g/mol. The Morgan fingerprint density at radius 2 is 1.64 bits per heavy atom. The van der Waals surface area contributed by atoms with Crippen LogP contribution in [0, 0.1) is 5.92 Å². The summed E-state index contributed by atoms with van der Waals surface area (Å²) >= 11 is 6.18. The SMILES string of the molecule is CC(C)Cc1ccc(C(C)CNCc2ccccc2Cl)cc1. The third-order valence-electron chi connectivity index (χ3n) is 3.92. The molecule has 0 saturated heterocycles. The Morgan fingerprint density at radius 1 is 0.955 bits per heavy atom. The van der Waals surface area contributed by atoms with Crippen LogP contribution in [-0.2, 0) is 13.0 Å². The molecule has 1 unspecified atom stereocenters. The number of rotatable bonds is 7. The summed E-state index contributed by atoms with van der Waals surface area (Å²) in [5, 5.41) is 4.34. The maximum Gasteiger partial charge on any atom is 0.0450 e. The van der Waals surface area contributed by atoms with E-state index in [9.17, 15) is 0 Å². The molecule has 0 amide bonds. The van der Waals surface area contributed by atoms with Gasteiger partial charge in [-0.25, -0.2) is 0 Å². The van der Waals surface area contributed by atoms with Crippen LogP contribution in [0.1, 0.15) is 43.4 Å². The summed E-state index contributed by atoms with van der Waals surface area (Å²) < 4.78 is 0. The normalized spacial score (nSPS) is 12.6. The molecule has 0 radical (unpaired) electrons. The van der Waals surface area contributed by atoms with Crippen LogP contribution in [0.25, 0.3) is 0 Å². The molecule has 2 aromatic carbocycles. The number of hydrogen-bond acceptors (Lipinski definition) is 1. The van der Waals surface area contributed by atoms with Crippen LogP contribution in [0.5, 0.6) is 0 Å². The van der Waals surface area contributed by atoms with E-state index < -0.39 is 0 Å². The van der Waals surface area contributed by atoms with Crippen molar-refractivity contribution in [3.8, 4) is 0 Å². The van der Waals surface area contributed by atoms with Crippen LogP contribution in [-0.4, -0.2) is 6.54 Å². The largest absolute Gasteiger partial charge is 0.312 e. The van der Waals surface area contributed by atoms with Crippen molar-refractivity contribution in [2.75, 3.05) is 6.54 Å². The van der Waals surface area contributed by atoms with Gasteiger partial charge in [0.25, 0.3) is 0 Å². The molecule has 2 rings (SSSR count). The topological polar surface area (TPSA) is 12.0 Å². The van der Waals surface area contributed by atoms with Crippen LogP contribution in [0.3, 0.4) is 0 Å². The van der Waals surface area contributed by atoms with Gasteiger partial charge in [-0.15, -0.1) is 0 Å². The van der Waals surface area contributed by atoms with Gasteiger partial charge in [-0.2, -0.15) is 0 Å². The van der Waals surface area contributed by atoms with E-state index >= 15 is 0 Å². The molecule has 2 heteroatoms. The van der Waals surface area contributed by atoms with Gasteiger partial charge in [-0.1, -0.05) is 74.8 Å². The quantitative estimate of drug-likeness (QED) is 0.718. The summed E-state index contributed by atoms with van der Waals surface area (Å²) in [4.78, 5) is 0. The number of benzene rings is 2. The molecule has 0 fully saturated rings. The van der Waals surface area contributed by atoms with E-state index in [4.69, 9.17) is 11.6 Å². The summed E-state index contributed by atoms with van der Waals surface area (Å²) in [5.41, 5.74) is 3.97. The molecule has 1 atom stereocenters. The molecule has 0 heterocycles. The van der Waals surface area contributed by atoms with Crippen molar-refractivity contribution < 1.29 is 0 Å². The van der Waals surface area contributed by atoms with Crippen molar-refractivity contribution in [3.63, 3.8) is 0 Å². The van der Waals surface area contributed by atoms with E-state index in [0.717, 1.165) is 30.1 Å². The van der Waals surface area contributed by atoms with E-state index in [1.165, 1.54) is 11.1 Å². The summed E-state index contributed by atoms with van der Waals surface area (Å²) in [6.07, 6.45) is 1.15. The van der Waals surface area contributed by atoms with Crippen molar-refractivity contribution >= 4 is 11.6 Å². The molecular formula is C20H26ClN. The lowest BCUT2D eigenvalue weighted by atomic mass is 9.97. The predicted octanol–water partition coefficient (Wildman–Crippen LogP) is 5.43. The van der Waals surface area contributed by atoms with Gasteiger partial charge in [0.05, 0.1) is 0 Å². The Morgan fingerprint density at radius 3 is 2.27 bits per heavy atom. The molecule has 2 aromatic rings. The molecule has 0 saturated carbocycles.